The lowest BCUT2D eigenvalue weighted by molar-refractivity contribution is -0.156. The van der Waals surface area contributed by atoms with Gasteiger partial charge in [-0.05, 0) is 50.2 Å². The van der Waals surface area contributed by atoms with E-state index in [9.17, 15) is 14.7 Å². The monoisotopic (exact) mass is 422 g/mol. The van der Waals surface area contributed by atoms with Crippen molar-refractivity contribution in [1.82, 2.24) is 0 Å². The Morgan fingerprint density at radius 3 is 2.63 bits per heavy atom. The highest BCUT2D eigenvalue weighted by Crippen LogP contribution is 2.28. The highest BCUT2D eigenvalue weighted by Gasteiger charge is 2.34. The van der Waals surface area contributed by atoms with Crippen molar-refractivity contribution >= 4 is 11.9 Å². The van der Waals surface area contributed by atoms with Gasteiger partial charge in [-0.15, -0.1) is 0 Å². The van der Waals surface area contributed by atoms with Gasteiger partial charge in [-0.1, -0.05) is 45.1 Å². The quantitative estimate of drug-likeness (QED) is 0.398. The minimum atomic E-state index is -1.23. The van der Waals surface area contributed by atoms with Crippen molar-refractivity contribution in [2.45, 2.75) is 78.6 Å². The maximum absolute atomic E-state index is 12.5. The number of hydrogen-bond acceptors (Lipinski definition) is 6. The topological polar surface area (TPSA) is 93.1 Å². The van der Waals surface area contributed by atoms with Crippen LogP contribution in [0.3, 0.4) is 0 Å². The molecule has 0 bridgehead atoms. The van der Waals surface area contributed by atoms with Gasteiger partial charge in [0.15, 0.2) is 0 Å². The SMILES string of the molecule is CC(=O)O[C@H]1/C=C/[C@H](C)[C@@H](/C(C)=C/C=C/[C@@H](C)CO)OC(=O)C[C@H](C)CC[C@@]1(C)O. The van der Waals surface area contributed by atoms with Crippen molar-refractivity contribution in [3.8, 4) is 0 Å². The fraction of sp³-hybridized carbons (Fsp3) is 0.667. The molecule has 170 valence electrons. The number of aliphatic hydroxyl groups is 2. The molecule has 0 saturated carbocycles. The van der Waals surface area contributed by atoms with Crippen LogP contribution >= 0.6 is 0 Å². The second kappa shape index (κ2) is 12.1. The van der Waals surface area contributed by atoms with Gasteiger partial charge in [-0.2, -0.15) is 0 Å². The molecular weight excluding hydrogens is 384 g/mol. The van der Waals surface area contributed by atoms with Crippen LogP contribution in [0.25, 0.3) is 0 Å². The Bertz CT molecular complexity index is 661. The first-order valence-electron chi connectivity index (χ1n) is 10.7. The summed E-state index contributed by atoms with van der Waals surface area (Å²) in [4.78, 5) is 24.1. The number of allylic oxidation sites excluding steroid dienone is 2. The maximum atomic E-state index is 12.5. The zero-order chi connectivity index (χ0) is 22.9. The number of esters is 2. The molecule has 0 saturated heterocycles. The van der Waals surface area contributed by atoms with Crippen molar-refractivity contribution in [2.24, 2.45) is 17.8 Å². The van der Waals surface area contributed by atoms with Gasteiger partial charge in [-0.3, -0.25) is 9.59 Å². The first-order valence-corrected chi connectivity index (χ1v) is 10.7. The molecule has 0 aromatic carbocycles. The molecule has 1 aliphatic heterocycles. The number of ether oxygens (including phenoxy) is 2. The first-order chi connectivity index (χ1) is 14.0. The van der Waals surface area contributed by atoms with Crippen LogP contribution in [0, 0.1) is 17.8 Å². The molecule has 2 N–H and O–H groups in total. The summed E-state index contributed by atoms with van der Waals surface area (Å²) in [6.45, 7) is 10.7. The van der Waals surface area contributed by atoms with Crippen LogP contribution in [0.15, 0.2) is 36.0 Å². The predicted octanol–water partition coefficient (Wildman–Crippen LogP) is 3.72. The van der Waals surface area contributed by atoms with Crippen LogP contribution < -0.4 is 0 Å². The van der Waals surface area contributed by atoms with Crippen molar-refractivity contribution in [1.29, 1.82) is 0 Å². The average Bonchev–Trinajstić information content (AvgIpc) is 2.66. The predicted molar refractivity (Wildman–Crippen MR) is 117 cm³/mol. The molecule has 0 amide bonds. The molecule has 0 unspecified atom stereocenters. The van der Waals surface area contributed by atoms with Crippen LogP contribution in [-0.2, 0) is 19.1 Å². The van der Waals surface area contributed by atoms with Crippen molar-refractivity contribution in [3.63, 3.8) is 0 Å². The Labute approximate surface area is 180 Å². The molecule has 1 heterocycles. The summed E-state index contributed by atoms with van der Waals surface area (Å²) in [5, 5.41) is 20.1. The minimum absolute atomic E-state index is 0.0240. The van der Waals surface area contributed by atoms with Crippen molar-refractivity contribution < 1.29 is 29.3 Å². The van der Waals surface area contributed by atoms with Gasteiger partial charge in [0.1, 0.15) is 17.8 Å². The van der Waals surface area contributed by atoms with E-state index in [0.29, 0.717) is 12.8 Å². The second-order valence-electron chi connectivity index (χ2n) is 8.85. The van der Waals surface area contributed by atoms with Crippen LogP contribution in [0.4, 0.5) is 0 Å². The van der Waals surface area contributed by atoms with Crippen LogP contribution in [0.5, 0.6) is 0 Å². The van der Waals surface area contributed by atoms with Crippen LogP contribution in [0.1, 0.15) is 60.8 Å². The van der Waals surface area contributed by atoms with E-state index in [-0.39, 0.29) is 36.8 Å². The summed E-state index contributed by atoms with van der Waals surface area (Å²) in [7, 11) is 0. The third-order valence-electron chi connectivity index (χ3n) is 5.43. The largest absolute Gasteiger partial charge is 0.457 e. The lowest BCUT2D eigenvalue weighted by atomic mass is 9.87. The lowest BCUT2D eigenvalue weighted by Gasteiger charge is -2.32. The number of hydrogen-bond donors (Lipinski definition) is 2. The minimum Gasteiger partial charge on any atom is -0.457 e. The fourth-order valence-corrected chi connectivity index (χ4v) is 3.35. The summed E-state index contributed by atoms with van der Waals surface area (Å²) in [5.41, 5.74) is -0.370. The van der Waals surface area contributed by atoms with Gasteiger partial charge in [0, 0.05) is 25.9 Å². The van der Waals surface area contributed by atoms with E-state index >= 15 is 0 Å². The van der Waals surface area contributed by atoms with Gasteiger partial charge in [0.05, 0.1) is 0 Å². The number of aliphatic hydroxyl groups excluding tert-OH is 1. The fourth-order valence-electron chi connectivity index (χ4n) is 3.35. The molecular formula is C24H38O6. The molecule has 0 aromatic rings. The number of carbonyl (C=O) groups excluding carboxylic acids is 2. The smallest absolute Gasteiger partial charge is 0.306 e. The van der Waals surface area contributed by atoms with E-state index in [0.717, 1.165) is 5.57 Å². The zero-order valence-corrected chi connectivity index (χ0v) is 19.1. The first kappa shape index (κ1) is 26.1. The van der Waals surface area contributed by atoms with Gasteiger partial charge in [0.2, 0.25) is 0 Å². The zero-order valence-electron chi connectivity index (χ0n) is 19.1. The molecule has 6 heteroatoms. The Hall–Kier alpha value is -1.92. The molecule has 6 atom stereocenters. The molecule has 30 heavy (non-hydrogen) atoms. The van der Waals surface area contributed by atoms with E-state index in [1.54, 1.807) is 13.0 Å². The highest BCUT2D eigenvalue weighted by molar-refractivity contribution is 5.70. The van der Waals surface area contributed by atoms with E-state index < -0.39 is 23.8 Å². The normalized spacial score (nSPS) is 33.9. The summed E-state index contributed by atoms with van der Waals surface area (Å²) in [6.07, 6.45) is 9.11. The van der Waals surface area contributed by atoms with E-state index in [1.807, 2.05) is 52.0 Å². The Balaban J connectivity index is 3.22. The molecule has 1 aliphatic rings. The van der Waals surface area contributed by atoms with Gasteiger partial charge >= 0.3 is 11.9 Å². The highest BCUT2D eigenvalue weighted by atomic mass is 16.6. The van der Waals surface area contributed by atoms with E-state index in [2.05, 4.69) is 0 Å². The molecule has 0 fully saturated rings. The number of rotatable bonds is 5. The summed E-state index contributed by atoms with van der Waals surface area (Å²) < 4.78 is 11.2. The van der Waals surface area contributed by atoms with Crippen LogP contribution in [0.2, 0.25) is 0 Å². The molecule has 0 spiro atoms. The van der Waals surface area contributed by atoms with E-state index in [4.69, 9.17) is 14.6 Å². The second-order valence-corrected chi connectivity index (χ2v) is 8.85. The summed E-state index contributed by atoms with van der Waals surface area (Å²) >= 11 is 0. The average molecular weight is 423 g/mol. The number of carbonyl (C=O) groups is 2. The van der Waals surface area contributed by atoms with Gasteiger partial charge in [0.25, 0.3) is 0 Å². The molecule has 6 nitrogen and oxygen atoms in total. The standard InChI is InChI=1S/C24H38O6/c1-16-12-13-24(6,28)21(29-20(5)26)11-10-19(4)23(30-22(27)14-16)18(3)9-7-8-17(2)15-25/h7-11,16-17,19,21,23,25,28H,12-15H2,1-6H3/b8-7+,11-10+,18-9+/t16-,17-,19+,21+,23-,24-/m1/s1. The summed E-state index contributed by atoms with van der Waals surface area (Å²) in [6, 6.07) is 0. The molecule has 1 rings (SSSR count). The lowest BCUT2D eigenvalue weighted by Crippen LogP contribution is -2.41. The molecule has 0 aromatic heterocycles. The van der Waals surface area contributed by atoms with Crippen molar-refractivity contribution in [3.05, 3.63) is 36.0 Å². The Morgan fingerprint density at radius 2 is 2.03 bits per heavy atom. The van der Waals surface area contributed by atoms with Crippen molar-refractivity contribution in [2.75, 3.05) is 6.61 Å². The third-order valence-corrected chi connectivity index (χ3v) is 5.43. The summed E-state index contributed by atoms with van der Waals surface area (Å²) in [5.74, 6) is -0.865. The molecule has 0 aliphatic carbocycles. The third kappa shape index (κ3) is 8.84. The van der Waals surface area contributed by atoms with Crippen LogP contribution in [-0.4, -0.2) is 46.6 Å². The number of cyclic esters (lactones) is 1. The van der Waals surface area contributed by atoms with E-state index in [1.165, 1.54) is 6.92 Å². The maximum Gasteiger partial charge on any atom is 0.306 e. The Morgan fingerprint density at radius 1 is 1.37 bits per heavy atom. The Kier molecular flexibility index (Phi) is 10.5. The van der Waals surface area contributed by atoms with Gasteiger partial charge < -0.3 is 19.7 Å². The van der Waals surface area contributed by atoms with Gasteiger partial charge in [-0.25, -0.2) is 0 Å². The molecule has 0 radical (unpaired) electrons.